The smallest absolute Gasteiger partial charge is 0.253 e. The van der Waals surface area contributed by atoms with Crippen LogP contribution in [-0.2, 0) is 0 Å². The molecule has 1 aliphatic heterocycles. The molecule has 0 spiro atoms. The first-order valence-corrected chi connectivity index (χ1v) is 9.44. The predicted molar refractivity (Wildman–Crippen MR) is 105 cm³/mol. The lowest BCUT2D eigenvalue weighted by molar-refractivity contribution is 0.0695. The highest BCUT2D eigenvalue weighted by Crippen LogP contribution is 2.29. The van der Waals surface area contributed by atoms with Gasteiger partial charge in [-0.05, 0) is 69.0 Å². The number of carbonyl (C=O) groups is 1. The molecule has 27 heavy (non-hydrogen) atoms. The zero-order valence-electron chi connectivity index (χ0n) is 16.0. The number of halogens is 1. The molecule has 0 N–H and O–H groups in total. The van der Waals surface area contributed by atoms with E-state index in [4.69, 9.17) is 0 Å². The van der Waals surface area contributed by atoms with Gasteiger partial charge in [0.25, 0.3) is 5.91 Å². The molecule has 1 aromatic heterocycles. The molecule has 4 nitrogen and oxygen atoms in total. The molecular formula is C22H24FN3O. The monoisotopic (exact) mass is 365 g/mol. The third-order valence-corrected chi connectivity index (χ3v) is 5.56. The molecule has 0 saturated carbocycles. The van der Waals surface area contributed by atoms with Gasteiger partial charge in [0.15, 0.2) is 0 Å². The van der Waals surface area contributed by atoms with E-state index in [0.717, 1.165) is 29.7 Å². The lowest BCUT2D eigenvalue weighted by atomic mass is 10.0. The molecule has 1 amide bonds. The van der Waals surface area contributed by atoms with E-state index in [1.54, 1.807) is 19.1 Å². The van der Waals surface area contributed by atoms with Crippen LogP contribution in [0.15, 0.2) is 36.4 Å². The van der Waals surface area contributed by atoms with Crippen molar-refractivity contribution in [3.8, 4) is 0 Å². The van der Waals surface area contributed by atoms with Crippen LogP contribution in [0, 0.1) is 26.6 Å². The molecule has 2 aromatic carbocycles. The van der Waals surface area contributed by atoms with Gasteiger partial charge < -0.3 is 9.47 Å². The number of likely N-dealkylation sites (tertiary alicyclic amines) is 1. The first-order chi connectivity index (χ1) is 12.9. The van der Waals surface area contributed by atoms with Gasteiger partial charge in [-0.1, -0.05) is 12.1 Å². The average molecular weight is 365 g/mol. The molecule has 1 aliphatic rings. The van der Waals surface area contributed by atoms with Crippen LogP contribution in [0.1, 0.15) is 46.2 Å². The molecule has 0 bridgehead atoms. The average Bonchev–Trinajstić information content (AvgIpc) is 2.98. The molecular weight excluding hydrogens is 341 g/mol. The largest absolute Gasteiger partial charge is 0.338 e. The number of aryl methyl sites for hydroxylation is 3. The topological polar surface area (TPSA) is 38.1 Å². The van der Waals surface area contributed by atoms with Crippen LogP contribution in [-0.4, -0.2) is 33.4 Å². The van der Waals surface area contributed by atoms with Crippen LogP contribution in [0.3, 0.4) is 0 Å². The van der Waals surface area contributed by atoms with Gasteiger partial charge in [0.1, 0.15) is 11.6 Å². The summed E-state index contributed by atoms with van der Waals surface area (Å²) >= 11 is 0. The Morgan fingerprint density at radius 1 is 1.07 bits per heavy atom. The van der Waals surface area contributed by atoms with E-state index < -0.39 is 0 Å². The van der Waals surface area contributed by atoms with Crippen molar-refractivity contribution in [2.75, 3.05) is 13.1 Å². The second-order valence-electron chi connectivity index (χ2n) is 7.51. The first kappa shape index (κ1) is 17.7. The molecule has 5 heteroatoms. The Bertz CT molecular complexity index is 1020. The minimum absolute atomic E-state index is 0.0876. The molecule has 1 fully saturated rings. The number of nitrogens with zero attached hydrogens (tertiary/aromatic N) is 3. The number of rotatable bonds is 2. The normalized spacial score (nSPS) is 15.5. The number of benzene rings is 2. The number of piperidine rings is 1. The molecule has 0 atom stereocenters. The third-order valence-electron chi connectivity index (χ3n) is 5.56. The lowest BCUT2D eigenvalue weighted by Gasteiger charge is -2.33. The van der Waals surface area contributed by atoms with E-state index in [9.17, 15) is 9.18 Å². The number of hydrogen-bond donors (Lipinski definition) is 0. The summed E-state index contributed by atoms with van der Waals surface area (Å²) in [5, 5.41) is 0. The van der Waals surface area contributed by atoms with Crippen LogP contribution >= 0.6 is 0 Å². The highest BCUT2D eigenvalue weighted by Gasteiger charge is 2.26. The van der Waals surface area contributed by atoms with Gasteiger partial charge in [-0.25, -0.2) is 9.37 Å². The van der Waals surface area contributed by atoms with Crippen LogP contribution < -0.4 is 0 Å². The SMILES string of the molecule is Cc1ccc2nc(C)n(C3CCN(C(=O)c4ccc(C)c(F)c4)CC3)c2c1. The fourth-order valence-electron chi connectivity index (χ4n) is 4.02. The number of carbonyl (C=O) groups excluding carboxylic acids is 1. The Balaban J connectivity index is 1.52. The molecule has 3 aromatic rings. The van der Waals surface area contributed by atoms with Crippen molar-refractivity contribution in [2.24, 2.45) is 0 Å². The zero-order chi connectivity index (χ0) is 19.1. The number of fused-ring (bicyclic) bond motifs is 1. The van der Waals surface area contributed by atoms with Crippen LogP contribution in [0.5, 0.6) is 0 Å². The van der Waals surface area contributed by atoms with E-state index in [2.05, 4.69) is 34.7 Å². The van der Waals surface area contributed by atoms with Gasteiger partial charge in [-0.15, -0.1) is 0 Å². The van der Waals surface area contributed by atoms with Crippen LogP contribution in [0.25, 0.3) is 11.0 Å². The Kier molecular flexibility index (Phi) is 4.46. The van der Waals surface area contributed by atoms with Gasteiger partial charge in [-0.2, -0.15) is 0 Å². The first-order valence-electron chi connectivity index (χ1n) is 9.44. The molecule has 2 heterocycles. The van der Waals surface area contributed by atoms with Gasteiger partial charge >= 0.3 is 0 Å². The minimum atomic E-state index is -0.327. The van der Waals surface area contributed by atoms with E-state index in [-0.39, 0.29) is 11.7 Å². The van der Waals surface area contributed by atoms with Gasteiger partial charge in [0, 0.05) is 24.7 Å². The highest BCUT2D eigenvalue weighted by molar-refractivity contribution is 5.94. The second kappa shape index (κ2) is 6.80. The van der Waals surface area contributed by atoms with Crippen molar-refractivity contribution < 1.29 is 9.18 Å². The quantitative estimate of drug-likeness (QED) is 0.667. The highest BCUT2D eigenvalue weighted by atomic mass is 19.1. The van der Waals surface area contributed by atoms with Gasteiger partial charge in [0.05, 0.1) is 11.0 Å². The lowest BCUT2D eigenvalue weighted by Crippen LogP contribution is -2.39. The minimum Gasteiger partial charge on any atom is -0.338 e. The molecule has 1 saturated heterocycles. The third kappa shape index (κ3) is 3.22. The fourth-order valence-corrected chi connectivity index (χ4v) is 4.02. The molecule has 140 valence electrons. The van der Waals surface area contributed by atoms with E-state index in [1.165, 1.54) is 11.6 Å². The maximum absolute atomic E-state index is 13.8. The summed E-state index contributed by atoms with van der Waals surface area (Å²) in [6.07, 6.45) is 1.75. The summed E-state index contributed by atoms with van der Waals surface area (Å²) in [5.41, 5.74) is 4.39. The summed E-state index contributed by atoms with van der Waals surface area (Å²) < 4.78 is 16.1. The van der Waals surface area contributed by atoms with E-state index in [0.29, 0.717) is 30.3 Å². The summed E-state index contributed by atoms with van der Waals surface area (Å²) in [6, 6.07) is 11.4. The Morgan fingerprint density at radius 3 is 2.52 bits per heavy atom. The van der Waals surface area contributed by atoms with Crippen LogP contribution in [0.2, 0.25) is 0 Å². The molecule has 4 rings (SSSR count). The second-order valence-corrected chi connectivity index (χ2v) is 7.51. The van der Waals surface area contributed by atoms with Gasteiger partial charge in [-0.3, -0.25) is 4.79 Å². The summed E-state index contributed by atoms with van der Waals surface area (Å²) in [4.78, 5) is 19.2. The molecule has 0 radical (unpaired) electrons. The van der Waals surface area contributed by atoms with Crippen LogP contribution in [0.4, 0.5) is 4.39 Å². The maximum atomic E-state index is 13.8. The standard InChI is InChI=1S/C22H24FN3O/c1-14-4-7-20-21(12-14)26(16(3)24-20)18-8-10-25(11-9-18)22(27)17-6-5-15(2)19(23)13-17/h4-7,12-13,18H,8-11H2,1-3H3. The number of aromatic nitrogens is 2. The Morgan fingerprint density at radius 2 is 1.81 bits per heavy atom. The summed E-state index contributed by atoms with van der Waals surface area (Å²) in [6.45, 7) is 7.18. The molecule has 0 aliphatic carbocycles. The van der Waals surface area contributed by atoms with Crippen molar-refractivity contribution in [3.63, 3.8) is 0 Å². The van der Waals surface area contributed by atoms with Crippen molar-refractivity contribution in [3.05, 3.63) is 64.7 Å². The Hall–Kier alpha value is -2.69. The van der Waals surface area contributed by atoms with Gasteiger partial charge in [0.2, 0.25) is 0 Å². The maximum Gasteiger partial charge on any atom is 0.253 e. The summed E-state index contributed by atoms with van der Waals surface area (Å²) in [7, 11) is 0. The Labute approximate surface area is 158 Å². The summed E-state index contributed by atoms with van der Waals surface area (Å²) in [5.74, 6) is 0.600. The fraction of sp³-hybridized carbons (Fsp3) is 0.364. The van der Waals surface area contributed by atoms with Crippen molar-refractivity contribution in [1.82, 2.24) is 14.5 Å². The van der Waals surface area contributed by atoms with Crippen molar-refractivity contribution in [1.29, 1.82) is 0 Å². The zero-order valence-corrected chi connectivity index (χ0v) is 16.0. The van der Waals surface area contributed by atoms with Crippen molar-refractivity contribution >= 4 is 16.9 Å². The van der Waals surface area contributed by atoms with E-state index >= 15 is 0 Å². The predicted octanol–water partition coefficient (Wildman–Crippen LogP) is 4.58. The number of amides is 1. The number of imidazole rings is 1. The number of hydrogen-bond acceptors (Lipinski definition) is 2. The van der Waals surface area contributed by atoms with E-state index in [1.807, 2.05) is 11.8 Å². The van der Waals surface area contributed by atoms with Crippen molar-refractivity contribution in [2.45, 2.75) is 39.7 Å². The molecule has 0 unspecified atom stereocenters.